The largest absolute Gasteiger partial charge is 0.288 e. The van der Waals surface area contributed by atoms with Crippen molar-refractivity contribution in [2.75, 3.05) is 0 Å². The Morgan fingerprint density at radius 3 is 2.50 bits per heavy atom. The Bertz CT molecular complexity index is 388. The lowest BCUT2D eigenvalue weighted by Gasteiger charge is -2.24. The molecule has 0 aromatic carbocycles. The zero-order valence-electron chi connectivity index (χ0n) is 8.35. The maximum Gasteiger partial charge on any atom is 0.195 e. The van der Waals surface area contributed by atoms with Gasteiger partial charge in [-0.15, -0.1) is 0 Å². The molecule has 0 radical (unpaired) electrons. The number of rotatable bonds is 0. The van der Waals surface area contributed by atoms with Gasteiger partial charge >= 0.3 is 0 Å². The van der Waals surface area contributed by atoms with Crippen molar-refractivity contribution >= 4 is 29.3 Å². The van der Waals surface area contributed by atoms with Crippen molar-refractivity contribution in [3.63, 3.8) is 0 Å². The molecule has 0 fully saturated rings. The summed E-state index contributed by atoms with van der Waals surface area (Å²) in [5.41, 5.74) is 0.768. The summed E-state index contributed by atoms with van der Waals surface area (Å²) >= 11 is 3.38. The fourth-order valence-corrected chi connectivity index (χ4v) is 3.77. The van der Waals surface area contributed by atoms with Crippen LogP contribution in [-0.2, 0) is 4.79 Å². The van der Waals surface area contributed by atoms with Gasteiger partial charge in [0.25, 0.3) is 0 Å². The maximum atomic E-state index is 11.8. The molecule has 0 aromatic rings. The molecule has 0 bridgehead atoms. The van der Waals surface area contributed by atoms with E-state index in [-0.39, 0.29) is 5.78 Å². The Kier molecular flexibility index (Phi) is 2.62. The molecular formula is C11H12OS2. The molecular weight excluding hydrogens is 212 g/mol. The quantitative estimate of drug-likeness (QED) is 0.582. The second kappa shape index (κ2) is 3.63. The van der Waals surface area contributed by atoms with Crippen molar-refractivity contribution in [1.82, 2.24) is 0 Å². The Balaban J connectivity index is 2.35. The van der Waals surface area contributed by atoms with Gasteiger partial charge in [-0.1, -0.05) is 30.1 Å². The molecule has 0 saturated carbocycles. The van der Waals surface area contributed by atoms with Crippen molar-refractivity contribution in [2.45, 2.75) is 26.7 Å². The van der Waals surface area contributed by atoms with Crippen molar-refractivity contribution in [1.29, 1.82) is 0 Å². The second-order valence-electron chi connectivity index (χ2n) is 3.50. The molecule has 0 N–H and O–H groups in total. The van der Waals surface area contributed by atoms with E-state index in [1.54, 1.807) is 23.5 Å². The fourth-order valence-electron chi connectivity index (χ4n) is 1.46. The van der Waals surface area contributed by atoms with Gasteiger partial charge in [0.15, 0.2) is 5.78 Å². The number of ketones is 1. The molecule has 0 saturated heterocycles. The first kappa shape index (κ1) is 10.1. The van der Waals surface area contributed by atoms with Crippen LogP contribution in [-0.4, -0.2) is 5.78 Å². The third-order valence-corrected chi connectivity index (χ3v) is 5.24. The minimum Gasteiger partial charge on any atom is -0.288 e. The summed E-state index contributed by atoms with van der Waals surface area (Å²) in [6, 6.07) is 0. The van der Waals surface area contributed by atoms with Crippen LogP contribution in [0, 0.1) is 0 Å². The van der Waals surface area contributed by atoms with Crippen LogP contribution in [0.4, 0.5) is 0 Å². The van der Waals surface area contributed by atoms with Gasteiger partial charge < -0.3 is 0 Å². The normalized spacial score (nSPS) is 23.0. The van der Waals surface area contributed by atoms with E-state index in [1.165, 1.54) is 14.7 Å². The lowest BCUT2D eigenvalue weighted by atomic mass is 10.0. The number of allylic oxidation sites excluding steroid dienone is 5. The summed E-state index contributed by atoms with van der Waals surface area (Å²) < 4.78 is 0. The molecule has 0 atom stereocenters. The van der Waals surface area contributed by atoms with Crippen molar-refractivity contribution < 1.29 is 4.79 Å². The monoisotopic (exact) mass is 224 g/mol. The third kappa shape index (κ3) is 1.59. The number of hydrogen-bond acceptors (Lipinski definition) is 3. The van der Waals surface area contributed by atoms with E-state index in [0.29, 0.717) is 0 Å². The molecule has 0 amide bonds. The highest BCUT2D eigenvalue weighted by Gasteiger charge is 2.28. The molecule has 2 rings (SSSR count). The zero-order valence-corrected chi connectivity index (χ0v) is 9.98. The zero-order chi connectivity index (χ0) is 10.3. The number of carbonyl (C=O) groups excluding carboxylic acids is 1. The molecule has 1 aliphatic carbocycles. The smallest absolute Gasteiger partial charge is 0.195 e. The van der Waals surface area contributed by atoms with Crippen LogP contribution >= 0.6 is 23.5 Å². The first-order valence-electron chi connectivity index (χ1n) is 4.58. The van der Waals surface area contributed by atoms with Gasteiger partial charge in [0.05, 0.1) is 4.91 Å². The first-order valence-corrected chi connectivity index (χ1v) is 6.21. The van der Waals surface area contributed by atoms with Gasteiger partial charge in [-0.3, -0.25) is 4.79 Å². The van der Waals surface area contributed by atoms with Crippen LogP contribution in [0.3, 0.4) is 0 Å². The lowest BCUT2D eigenvalue weighted by Crippen LogP contribution is -2.12. The van der Waals surface area contributed by atoms with Gasteiger partial charge in [-0.2, -0.15) is 0 Å². The molecule has 0 aromatic heterocycles. The predicted octanol–water partition coefficient (Wildman–Crippen LogP) is 3.85. The average molecular weight is 224 g/mol. The minimum atomic E-state index is 0.163. The molecule has 2 aliphatic rings. The molecule has 0 spiro atoms. The van der Waals surface area contributed by atoms with Crippen LogP contribution in [0.2, 0.25) is 0 Å². The average Bonchev–Trinajstić information content (AvgIpc) is 2.15. The highest BCUT2D eigenvalue weighted by Crippen LogP contribution is 2.49. The molecule has 14 heavy (non-hydrogen) atoms. The van der Waals surface area contributed by atoms with Gasteiger partial charge in [-0.05, 0) is 42.1 Å². The van der Waals surface area contributed by atoms with E-state index in [1.807, 2.05) is 0 Å². The predicted molar refractivity (Wildman–Crippen MR) is 64.0 cm³/mol. The van der Waals surface area contributed by atoms with E-state index in [0.717, 1.165) is 23.3 Å². The van der Waals surface area contributed by atoms with Crippen molar-refractivity contribution in [3.8, 4) is 0 Å². The van der Waals surface area contributed by atoms with E-state index < -0.39 is 0 Å². The highest BCUT2D eigenvalue weighted by molar-refractivity contribution is 8.14. The number of carbonyl (C=O) groups is 1. The fraction of sp³-hybridized carbons (Fsp3) is 0.364. The standard InChI is InChI=1S/C11H12OS2/c1-6-4-5-9-11(10(6)12)14-8(3)7(2)13-9/h1,4-5H2,2-3H3. The van der Waals surface area contributed by atoms with Gasteiger partial charge in [0, 0.05) is 4.91 Å². The van der Waals surface area contributed by atoms with E-state index >= 15 is 0 Å². The number of thioether (sulfide) groups is 2. The molecule has 3 heteroatoms. The molecule has 0 unspecified atom stereocenters. The van der Waals surface area contributed by atoms with Crippen LogP contribution < -0.4 is 0 Å². The number of Topliss-reactive ketones (excluding diaryl/α,β-unsaturated/α-hetero) is 1. The maximum absolute atomic E-state index is 11.8. The van der Waals surface area contributed by atoms with Crippen molar-refractivity contribution in [3.05, 3.63) is 31.8 Å². The first-order chi connectivity index (χ1) is 6.59. The molecule has 1 heterocycles. The Hall–Kier alpha value is -0.410. The topological polar surface area (TPSA) is 17.1 Å². The van der Waals surface area contributed by atoms with E-state index in [2.05, 4.69) is 20.4 Å². The minimum absolute atomic E-state index is 0.163. The summed E-state index contributed by atoms with van der Waals surface area (Å²) in [6.45, 7) is 7.99. The van der Waals surface area contributed by atoms with E-state index in [9.17, 15) is 4.79 Å². The molecule has 74 valence electrons. The van der Waals surface area contributed by atoms with Crippen LogP contribution in [0.25, 0.3) is 0 Å². The van der Waals surface area contributed by atoms with E-state index in [4.69, 9.17) is 0 Å². The third-order valence-electron chi connectivity index (χ3n) is 2.46. The molecule has 1 nitrogen and oxygen atoms in total. The molecule has 1 aliphatic heterocycles. The number of hydrogen-bond donors (Lipinski definition) is 0. The summed E-state index contributed by atoms with van der Waals surface area (Å²) in [5, 5.41) is 0. The Morgan fingerprint density at radius 2 is 1.79 bits per heavy atom. The van der Waals surface area contributed by atoms with Crippen LogP contribution in [0.5, 0.6) is 0 Å². The van der Waals surface area contributed by atoms with Gasteiger partial charge in [0.1, 0.15) is 0 Å². The van der Waals surface area contributed by atoms with Gasteiger partial charge in [0.2, 0.25) is 0 Å². The van der Waals surface area contributed by atoms with Crippen molar-refractivity contribution in [2.24, 2.45) is 0 Å². The summed E-state index contributed by atoms with van der Waals surface area (Å²) in [4.78, 5) is 16.5. The highest BCUT2D eigenvalue weighted by atomic mass is 32.2. The summed E-state index contributed by atoms with van der Waals surface area (Å²) in [5.74, 6) is 0.163. The second-order valence-corrected chi connectivity index (χ2v) is 6.04. The summed E-state index contributed by atoms with van der Waals surface area (Å²) in [7, 11) is 0. The van der Waals surface area contributed by atoms with Crippen LogP contribution in [0.1, 0.15) is 26.7 Å². The summed E-state index contributed by atoms with van der Waals surface area (Å²) in [6.07, 6.45) is 1.82. The Morgan fingerprint density at radius 1 is 1.14 bits per heavy atom. The SMILES string of the molecule is C=C1CCC2=C(SC(C)=C(C)S2)C1=O. The Labute approximate surface area is 92.7 Å². The van der Waals surface area contributed by atoms with Crippen LogP contribution in [0.15, 0.2) is 31.8 Å². The van der Waals surface area contributed by atoms with Gasteiger partial charge in [-0.25, -0.2) is 0 Å². The lowest BCUT2D eigenvalue weighted by molar-refractivity contribution is -0.111.